The monoisotopic (exact) mass is 314 g/mol. The van der Waals surface area contributed by atoms with E-state index in [1.54, 1.807) is 0 Å². The van der Waals surface area contributed by atoms with Gasteiger partial charge in [-0.3, -0.25) is 10.2 Å². The third-order valence-corrected chi connectivity index (χ3v) is 3.68. The predicted octanol–water partition coefficient (Wildman–Crippen LogP) is 2.56. The first-order chi connectivity index (χ1) is 11.1. The minimum absolute atomic E-state index is 0.345. The summed E-state index contributed by atoms with van der Waals surface area (Å²) in [6.07, 6.45) is -0.765. The molecular weight excluding hydrogens is 292 g/mol. The molecule has 0 spiro atoms. The average Bonchev–Trinajstić information content (AvgIpc) is 2.57. The molecule has 1 amide bonds. The Labute approximate surface area is 136 Å². The molecule has 3 N–H and O–H groups in total. The Kier molecular flexibility index (Phi) is 5.73. The van der Waals surface area contributed by atoms with Gasteiger partial charge in [0.1, 0.15) is 12.4 Å². The molecule has 0 bridgehead atoms. The van der Waals surface area contributed by atoms with E-state index in [0.29, 0.717) is 6.61 Å². The normalized spacial score (nSPS) is 11.8. The molecule has 122 valence electrons. The van der Waals surface area contributed by atoms with Gasteiger partial charge < -0.3 is 9.47 Å². The van der Waals surface area contributed by atoms with E-state index >= 15 is 0 Å². The molecule has 0 aromatic heterocycles. The molecule has 2 aromatic carbocycles. The number of carbonyl (C=O) groups is 1. The quantitative estimate of drug-likeness (QED) is 0.488. The Morgan fingerprint density at radius 1 is 1.22 bits per heavy atom. The maximum atomic E-state index is 11.9. The standard InChI is InChI=1S/C18H22N2O3/c1-12-8-9-13(2)16(10-12)23-11-14-6-4-5-7-15(14)17(22-3)18(21)20-19/h4-10,17H,11,19H2,1-3H3,(H,20,21). The highest BCUT2D eigenvalue weighted by Gasteiger charge is 2.22. The molecule has 0 radical (unpaired) electrons. The van der Waals surface area contributed by atoms with E-state index in [2.05, 4.69) is 5.43 Å². The Balaban J connectivity index is 2.23. The number of carbonyl (C=O) groups excluding carboxylic acids is 1. The predicted molar refractivity (Wildman–Crippen MR) is 88.8 cm³/mol. The number of benzene rings is 2. The van der Waals surface area contributed by atoms with Gasteiger partial charge in [0.15, 0.2) is 6.10 Å². The highest BCUT2D eigenvalue weighted by atomic mass is 16.5. The van der Waals surface area contributed by atoms with Crippen LogP contribution in [0.3, 0.4) is 0 Å². The highest BCUT2D eigenvalue weighted by molar-refractivity contribution is 5.82. The number of nitrogens with one attached hydrogen (secondary N) is 1. The summed E-state index contributed by atoms with van der Waals surface area (Å²) in [4.78, 5) is 11.9. The van der Waals surface area contributed by atoms with E-state index in [9.17, 15) is 4.79 Å². The summed E-state index contributed by atoms with van der Waals surface area (Å²) in [5, 5.41) is 0. The largest absolute Gasteiger partial charge is 0.489 e. The summed E-state index contributed by atoms with van der Waals surface area (Å²) < 4.78 is 11.2. The maximum Gasteiger partial charge on any atom is 0.267 e. The summed E-state index contributed by atoms with van der Waals surface area (Å²) in [5.74, 6) is 5.66. The van der Waals surface area contributed by atoms with Crippen LogP contribution in [0.1, 0.15) is 28.4 Å². The Hall–Kier alpha value is -2.37. The van der Waals surface area contributed by atoms with Crippen LogP contribution in [0.2, 0.25) is 0 Å². The van der Waals surface area contributed by atoms with Crippen LogP contribution in [0.25, 0.3) is 0 Å². The fraction of sp³-hybridized carbons (Fsp3) is 0.278. The molecule has 1 atom stereocenters. The van der Waals surface area contributed by atoms with Gasteiger partial charge >= 0.3 is 0 Å². The number of hydrogen-bond donors (Lipinski definition) is 2. The molecule has 0 fully saturated rings. The van der Waals surface area contributed by atoms with Crippen LogP contribution < -0.4 is 16.0 Å². The van der Waals surface area contributed by atoms with Gasteiger partial charge in [0, 0.05) is 7.11 Å². The van der Waals surface area contributed by atoms with Crippen LogP contribution in [-0.2, 0) is 16.1 Å². The molecule has 0 aliphatic rings. The number of rotatable bonds is 6. The van der Waals surface area contributed by atoms with Gasteiger partial charge in [-0.2, -0.15) is 0 Å². The second-order valence-electron chi connectivity index (χ2n) is 5.38. The van der Waals surface area contributed by atoms with Crippen LogP contribution >= 0.6 is 0 Å². The molecule has 5 nitrogen and oxygen atoms in total. The summed E-state index contributed by atoms with van der Waals surface area (Å²) >= 11 is 0. The first-order valence-corrected chi connectivity index (χ1v) is 7.38. The summed E-state index contributed by atoms with van der Waals surface area (Å²) in [7, 11) is 1.47. The zero-order chi connectivity index (χ0) is 16.8. The Morgan fingerprint density at radius 3 is 2.65 bits per heavy atom. The molecular formula is C18H22N2O3. The number of ether oxygens (including phenoxy) is 2. The van der Waals surface area contributed by atoms with E-state index in [1.165, 1.54) is 7.11 Å². The van der Waals surface area contributed by atoms with Crippen molar-refractivity contribution in [1.29, 1.82) is 0 Å². The Morgan fingerprint density at radius 2 is 1.96 bits per heavy atom. The van der Waals surface area contributed by atoms with Crippen molar-refractivity contribution in [2.75, 3.05) is 7.11 Å². The first-order valence-electron chi connectivity index (χ1n) is 7.38. The summed E-state index contributed by atoms with van der Waals surface area (Å²) in [6.45, 7) is 4.37. The number of nitrogens with two attached hydrogens (primary N) is 1. The van der Waals surface area contributed by atoms with Crippen LogP contribution in [0.5, 0.6) is 5.75 Å². The van der Waals surface area contributed by atoms with E-state index < -0.39 is 12.0 Å². The van der Waals surface area contributed by atoms with Gasteiger partial charge in [0.25, 0.3) is 5.91 Å². The molecule has 2 rings (SSSR count). The van der Waals surface area contributed by atoms with Gasteiger partial charge in [0.05, 0.1) is 0 Å². The van der Waals surface area contributed by atoms with Crippen molar-refractivity contribution in [3.63, 3.8) is 0 Å². The molecule has 2 aromatic rings. The van der Waals surface area contributed by atoms with Crippen molar-refractivity contribution in [2.45, 2.75) is 26.6 Å². The number of hydrogen-bond acceptors (Lipinski definition) is 4. The lowest BCUT2D eigenvalue weighted by atomic mass is 10.0. The van der Waals surface area contributed by atoms with Crippen molar-refractivity contribution in [3.05, 3.63) is 64.7 Å². The van der Waals surface area contributed by atoms with Gasteiger partial charge in [-0.05, 0) is 42.2 Å². The molecule has 0 aliphatic carbocycles. The number of aryl methyl sites for hydroxylation is 2. The zero-order valence-corrected chi connectivity index (χ0v) is 13.6. The van der Waals surface area contributed by atoms with Crippen LogP contribution in [0.15, 0.2) is 42.5 Å². The Bertz CT molecular complexity index is 686. The van der Waals surface area contributed by atoms with Crippen LogP contribution in [-0.4, -0.2) is 13.0 Å². The molecule has 23 heavy (non-hydrogen) atoms. The van der Waals surface area contributed by atoms with Gasteiger partial charge in [0.2, 0.25) is 0 Å². The van der Waals surface area contributed by atoms with Crippen molar-refractivity contribution in [3.8, 4) is 5.75 Å². The van der Waals surface area contributed by atoms with Crippen molar-refractivity contribution >= 4 is 5.91 Å². The van der Waals surface area contributed by atoms with Gasteiger partial charge in [-0.25, -0.2) is 5.84 Å². The van der Waals surface area contributed by atoms with Gasteiger partial charge in [-0.15, -0.1) is 0 Å². The second kappa shape index (κ2) is 7.76. The minimum atomic E-state index is -0.765. The molecule has 5 heteroatoms. The lowest BCUT2D eigenvalue weighted by Crippen LogP contribution is -2.35. The lowest BCUT2D eigenvalue weighted by Gasteiger charge is -2.18. The summed E-state index contributed by atoms with van der Waals surface area (Å²) in [6, 6.07) is 13.6. The van der Waals surface area contributed by atoms with E-state index in [-0.39, 0.29) is 0 Å². The topological polar surface area (TPSA) is 73.6 Å². The fourth-order valence-electron chi connectivity index (χ4n) is 2.39. The van der Waals surface area contributed by atoms with Crippen molar-refractivity contribution in [1.82, 2.24) is 5.43 Å². The van der Waals surface area contributed by atoms with Crippen LogP contribution in [0.4, 0.5) is 0 Å². The van der Waals surface area contributed by atoms with E-state index in [1.807, 2.05) is 56.3 Å². The second-order valence-corrected chi connectivity index (χ2v) is 5.38. The van der Waals surface area contributed by atoms with E-state index in [4.69, 9.17) is 15.3 Å². The minimum Gasteiger partial charge on any atom is -0.489 e. The summed E-state index contributed by atoms with van der Waals surface area (Å²) in [5.41, 5.74) is 5.95. The van der Waals surface area contributed by atoms with E-state index in [0.717, 1.165) is 28.0 Å². The number of hydrazine groups is 1. The molecule has 0 saturated carbocycles. The third-order valence-electron chi connectivity index (χ3n) is 3.68. The molecule has 0 aliphatic heterocycles. The lowest BCUT2D eigenvalue weighted by molar-refractivity contribution is -0.131. The number of methoxy groups -OCH3 is 1. The number of amides is 1. The van der Waals surface area contributed by atoms with Gasteiger partial charge in [-0.1, -0.05) is 36.4 Å². The molecule has 0 saturated heterocycles. The SMILES string of the molecule is COC(C(=O)NN)c1ccccc1COc1cc(C)ccc1C. The maximum absolute atomic E-state index is 11.9. The van der Waals surface area contributed by atoms with Crippen molar-refractivity contribution in [2.24, 2.45) is 5.84 Å². The van der Waals surface area contributed by atoms with Crippen LogP contribution in [0, 0.1) is 13.8 Å². The molecule has 1 unspecified atom stereocenters. The van der Waals surface area contributed by atoms with Crippen molar-refractivity contribution < 1.29 is 14.3 Å². The zero-order valence-electron chi connectivity index (χ0n) is 13.6. The average molecular weight is 314 g/mol. The fourth-order valence-corrected chi connectivity index (χ4v) is 2.39. The first kappa shape index (κ1) is 17.0. The highest BCUT2D eigenvalue weighted by Crippen LogP contribution is 2.25. The third kappa shape index (κ3) is 4.09. The smallest absolute Gasteiger partial charge is 0.267 e. The molecule has 0 heterocycles.